The lowest BCUT2D eigenvalue weighted by molar-refractivity contribution is 0.760. The highest BCUT2D eigenvalue weighted by molar-refractivity contribution is 14.0. The molecular weight excluding hydrogens is 471 g/mol. The molecule has 0 fully saturated rings. The fourth-order valence-electron chi connectivity index (χ4n) is 1.95. The van der Waals surface area contributed by atoms with Crippen molar-refractivity contribution in [3.8, 4) is 0 Å². The van der Waals surface area contributed by atoms with E-state index in [1.54, 1.807) is 11.8 Å². The normalized spacial score (nSPS) is 11.1. The number of hydrogen-bond acceptors (Lipinski definition) is 4. The molecule has 0 aliphatic carbocycles. The molecule has 0 radical (unpaired) electrons. The van der Waals surface area contributed by atoms with Gasteiger partial charge in [0.05, 0.1) is 0 Å². The summed E-state index contributed by atoms with van der Waals surface area (Å²) >= 11 is 7.67. The molecule has 1 heterocycles. The summed E-state index contributed by atoms with van der Waals surface area (Å²) in [7, 11) is 1.95. The molecule has 0 saturated heterocycles. The summed E-state index contributed by atoms with van der Waals surface area (Å²) in [5.74, 6) is 3.46. The van der Waals surface area contributed by atoms with Crippen LogP contribution in [0, 0.1) is 6.92 Å². The maximum atomic E-state index is 5.89. The van der Waals surface area contributed by atoms with E-state index in [-0.39, 0.29) is 24.0 Å². The third-order valence-electron chi connectivity index (χ3n) is 3.38. The van der Waals surface area contributed by atoms with E-state index in [1.165, 1.54) is 4.90 Å². The van der Waals surface area contributed by atoms with Crippen LogP contribution in [-0.2, 0) is 13.6 Å². The molecule has 0 amide bonds. The van der Waals surface area contributed by atoms with E-state index in [0.717, 1.165) is 41.5 Å². The summed E-state index contributed by atoms with van der Waals surface area (Å²) in [6.07, 6.45) is 0. The minimum absolute atomic E-state index is 0. The van der Waals surface area contributed by atoms with E-state index in [1.807, 2.05) is 49.7 Å². The van der Waals surface area contributed by atoms with Gasteiger partial charge in [-0.15, -0.1) is 45.9 Å². The number of halogens is 2. The molecule has 0 unspecified atom stereocenters. The largest absolute Gasteiger partial charge is 0.357 e. The molecule has 9 heteroatoms. The van der Waals surface area contributed by atoms with Gasteiger partial charge in [-0.05, 0) is 38.1 Å². The van der Waals surface area contributed by atoms with E-state index in [0.29, 0.717) is 6.54 Å². The number of aryl methyl sites for hydroxylation is 1. The van der Waals surface area contributed by atoms with Gasteiger partial charge in [-0.3, -0.25) is 0 Å². The molecule has 0 aliphatic rings. The molecule has 2 rings (SSSR count). The topological polar surface area (TPSA) is 67.1 Å². The van der Waals surface area contributed by atoms with Crippen LogP contribution < -0.4 is 10.6 Å². The Bertz CT molecular complexity index is 674. The van der Waals surface area contributed by atoms with Crippen LogP contribution in [0.3, 0.4) is 0 Å². The molecule has 25 heavy (non-hydrogen) atoms. The second-order valence-corrected chi connectivity index (χ2v) is 6.75. The minimum atomic E-state index is 0. The Kier molecular flexibility index (Phi) is 10.2. The van der Waals surface area contributed by atoms with Gasteiger partial charge < -0.3 is 15.2 Å². The smallest absolute Gasteiger partial charge is 0.191 e. The summed E-state index contributed by atoms with van der Waals surface area (Å²) in [6.45, 7) is 6.10. The second-order valence-electron chi connectivity index (χ2n) is 5.15. The quantitative estimate of drug-likeness (QED) is 0.203. The lowest BCUT2D eigenvalue weighted by atomic mass is 10.4. The maximum Gasteiger partial charge on any atom is 0.191 e. The molecule has 1 aromatic carbocycles. The molecule has 0 aliphatic heterocycles. The number of thioether (sulfide) groups is 1. The Morgan fingerprint density at radius 1 is 1.24 bits per heavy atom. The third-order valence-corrected chi connectivity index (χ3v) is 4.65. The first-order valence-electron chi connectivity index (χ1n) is 7.85. The molecule has 0 bridgehead atoms. The van der Waals surface area contributed by atoms with Gasteiger partial charge in [0.15, 0.2) is 11.8 Å². The van der Waals surface area contributed by atoms with Gasteiger partial charge in [-0.25, -0.2) is 4.99 Å². The van der Waals surface area contributed by atoms with Gasteiger partial charge >= 0.3 is 0 Å². The van der Waals surface area contributed by atoms with E-state index in [4.69, 9.17) is 11.6 Å². The Morgan fingerprint density at radius 2 is 1.96 bits per heavy atom. The van der Waals surface area contributed by atoms with Crippen LogP contribution in [0.5, 0.6) is 0 Å². The highest BCUT2D eigenvalue weighted by Crippen LogP contribution is 2.19. The summed E-state index contributed by atoms with van der Waals surface area (Å²) in [5.41, 5.74) is 0. The van der Waals surface area contributed by atoms with Crippen molar-refractivity contribution >= 4 is 53.3 Å². The maximum absolute atomic E-state index is 5.89. The van der Waals surface area contributed by atoms with Crippen molar-refractivity contribution in [2.75, 3.05) is 18.8 Å². The lowest BCUT2D eigenvalue weighted by Crippen LogP contribution is -2.38. The predicted molar refractivity (Wildman–Crippen MR) is 116 cm³/mol. The molecule has 0 saturated carbocycles. The van der Waals surface area contributed by atoms with Crippen LogP contribution in [0.2, 0.25) is 5.02 Å². The van der Waals surface area contributed by atoms with Crippen LogP contribution in [-0.4, -0.2) is 39.6 Å². The van der Waals surface area contributed by atoms with E-state index in [2.05, 4.69) is 25.8 Å². The van der Waals surface area contributed by atoms with E-state index in [9.17, 15) is 0 Å². The summed E-state index contributed by atoms with van der Waals surface area (Å²) in [6, 6.07) is 7.88. The van der Waals surface area contributed by atoms with Crippen molar-refractivity contribution in [3.63, 3.8) is 0 Å². The standard InChI is InChI=1S/C16H23ClN6S.HI/c1-4-18-16(20-11-15-22-21-12(2)23(15)3)19-9-10-24-14-7-5-13(17)6-8-14;/h5-8H,4,9-11H2,1-3H3,(H2,18,19,20);1H. The number of nitrogens with one attached hydrogen (secondary N) is 2. The van der Waals surface area contributed by atoms with Gasteiger partial charge in [0.25, 0.3) is 0 Å². The molecule has 6 nitrogen and oxygen atoms in total. The summed E-state index contributed by atoms with van der Waals surface area (Å²) < 4.78 is 1.95. The van der Waals surface area contributed by atoms with Gasteiger partial charge in [0.2, 0.25) is 0 Å². The number of rotatable bonds is 7. The first-order valence-corrected chi connectivity index (χ1v) is 9.22. The predicted octanol–water partition coefficient (Wildman–Crippen LogP) is 3.24. The van der Waals surface area contributed by atoms with Crippen molar-refractivity contribution in [1.29, 1.82) is 0 Å². The van der Waals surface area contributed by atoms with Crippen molar-refractivity contribution in [2.24, 2.45) is 12.0 Å². The fourth-order valence-corrected chi connectivity index (χ4v) is 2.84. The van der Waals surface area contributed by atoms with E-state index < -0.39 is 0 Å². The molecular formula is C16H24ClIN6S. The van der Waals surface area contributed by atoms with Gasteiger partial charge in [0.1, 0.15) is 12.4 Å². The summed E-state index contributed by atoms with van der Waals surface area (Å²) in [5, 5.41) is 15.5. The minimum Gasteiger partial charge on any atom is -0.357 e. The first-order chi connectivity index (χ1) is 11.6. The SMILES string of the molecule is CCNC(=NCc1nnc(C)n1C)NCCSc1ccc(Cl)cc1.I. The van der Waals surface area contributed by atoms with Crippen LogP contribution in [0.4, 0.5) is 0 Å². The zero-order chi connectivity index (χ0) is 17.4. The molecule has 1 aromatic heterocycles. The Labute approximate surface area is 175 Å². The average Bonchev–Trinajstić information content (AvgIpc) is 2.90. The van der Waals surface area contributed by atoms with Crippen LogP contribution >= 0.6 is 47.3 Å². The highest BCUT2D eigenvalue weighted by Gasteiger charge is 2.04. The second kappa shape index (κ2) is 11.6. The highest BCUT2D eigenvalue weighted by atomic mass is 127. The average molecular weight is 495 g/mol. The number of hydrogen-bond donors (Lipinski definition) is 2. The Morgan fingerprint density at radius 3 is 2.56 bits per heavy atom. The molecule has 0 atom stereocenters. The molecule has 138 valence electrons. The first kappa shape index (κ1) is 22.0. The van der Waals surface area contributed by atoms with Gasteiger partial charge in [-0.1, -0.05) is 11.6 Å². The number of aromatic nitrogens is 3. The van der Waals surface area contributed by atoms with Crippen LogP contribution in [0.25, 0.3) is 0 Å². The third kappa shape index (κ3) is 7.41. The molecule has 2 N–H and O–H groups in total. The van der Waals surface area contributed by atoms with Crippen LogP contribution in [0.1, 0.15) is 18.6 Å². The fraction of sp³-hybridized carbons (Fsp3) is 0.438. The number of guanidine groups is 1. The Balaban J connectivity index is 0.00000312. The zero-order valence-electron chi connectivity index (χ0n) is 14.6. The number of benzene rings is 1. The van der Waals surface area contributed by atoms with Gasteiger partial charge in [0, 0.05) is 35.8 Å². The Hall–Kier alpha value is -1.000. The molecule has 0 spiro atoms. The van der Waals surface area contributed by atoms with Crippen LogP contribution in [0.15, 0.2) is 34.2 Å². The van der Waals surface area contributed by atoms with Crippen molar-refractivity contribution in [2.45, 2.75) is 25.3 Å². The van der Waals surface area contributed by atoms with E-state index >= 15 is 0 Å². The van der Waals surface area contributed by atoms with Crippen molar-refractivity contribution in [1.82, 2.24) is 25.4 Å². The lowest BCUT2D eigenvalue weighted by Gasteiger charge is -2.11. The number of aliphatic imine (C=N–C) groups is 1. The van der Waals surface area contributed by atoms with Crippen molar-refractivity contribution in [3.05, 3.63) is 40.9 Å². The monoisotopic (exact) mass is 494 g/mol. The van der Waals surface area contributed by atoms with Gasteiger partial charge in [-0.2, -0.15) is 0 Å². The summed E-state index contributed by atoms with van der Waals surface area (Å²) in [4.78, 5) is 5.76. The number of nitrogens with zero attached hydrogens (tertiary/aromatic N) is 4. The van der Waals surface area contributed by atoms with Crippen molar-refractivity contribution < 1.29 is 0 Å². The zero-order valence-corrected chi connectivity index (χ0v) is 18.5. The molecule has 2 aromatic rings.